The summed E-state index contributed by atoms with van der Waals surface area (Å²) in [6.07, 6.45) is 1.44. The summed E-state index contributed by atoms with van der Waals surface area (Å²) in [5.41, 5.74) is 1.24. The summed E-state index contributed by atoms with van der Waals surface area (Å²) in [6, 6.07) is 14.1. The lowest BCUT2D eigenvalue weighted by atomic mass is 10.1. The minimum atomic E-state index is -0.749. The summed E-state index contributed by atoms with van der Waals surface area (Å²) >= 11 is 18.5. The number of halogens is 3. The van der Waals surface area contributed by atoms with Crippen LogP contribution in [0, 0.1) is 10.1 Å². The summed E-state index contributed by atoms with van der Waals surface area (Å²) in [4.78, 5) is 27.0. The third-order valence-corrected chi connectivity index (χ3v) is 5.73. The fourth-order valence-corrected chi connectivity index (χ4v) is 3.77. The Morgan fingerprint density at radius 2 is 1.80 bits per heavy atom. The zero-order chi connectivity index (χ0) is 25.1. The summed E-state index contributed by atoms with van der Waals surface area (Å²) < 4.78 is 16.4. The molecule has 0 unspecified atom stereocenters. The Morgan fingerprint density at radius 3 is 2.49 bits per heavy atom. The van der Waals surface area contributed by atoms with Gasteiger partial charge in [0.2, 0.25) is 5.90 Å². The van der Waals surface area contributed by atoms with Gasteiger partial charge in [0.05, 0.1) is 27.6 Å². The molecule has 0 bridgehead atoms. The molecule has 0 aromatic heterocycles. The summed E-state index contributed by atoms with van der Waals surface area (Å²) in [7, 11) is 1.46. The van der Waals surface area contributed by atoms with E-state index < -0.39 is 10.9 Å². The Hall–Kier alpha value is -3.59. The molecule has 4 rings (SSSR count). The fraction of sp³-hybridized carbons (Fsp3) is 0.0833. The van der Waals surface area contributed by atoms with Crippen molar-refractivity contribution in [1.82, 2.24) is 0 Å². The average Bonchev–Trinajstić information content (AvgIpc) is 3.19. The van der Waals surface area contributed by atoms with Crippen LogP contribution in [0.4, 0.5) is 5.69 Å². The highest BCUT2D eigenvalue weighted by molar-refractivity contribution is 6.34. The number of non-ortho nitro benzene ring substituents is 1. The van der Waals surface area contributed by atoms with Gasteiger partial charge in [0, 0.05) is 17.2 Å². The van der Waals surface area contributed by atoms with Gasteiger partial charge in [-0.2, -0.15) is 0 Å². The largest absolute Gasteiger partial charge is 0.493 e. The number of carbonyl (C=O) groups excluding carboxylic acids is 1. The highest BCUT2D eigenvalue weighted by Crippen LogP contribution is 2.38. The maximum absolute atomic E-state index is 12.4. The van der Waals surface area contributed by atoms with Gasteiger partial charge in [-0.3, -0.25) is 10.1 Å². The van der Waals surface area contributed by atoms with Crippen LogP contribution in [0.5, 0.6) is 11.5 Å². The second kappa shape index (κ2) is 10.4. The number of aliphatic imine (C=N–C) groups is 1. The second-order valence-electron chi connectivity index (χ2n) is 7.21. The standard InChI is InChI=1S/C24H15Cl3N2O6/c1-33-21-10-14(8-19(27)22(21)34-12-13-2-4-15(25)5-3-13)9-20-24(30)35-23(28-20)17-11-16(29(31)32)6-7-18(17)26/h2-11H,12H2,1H3/b20-9-. The lowest BCUT2D eigenvalue weighted by molar-refractivity contribution is -0.384. The number of nitro groups is 1. The number of carbonyl (C=O) groups is 1. The first kappa shape index (κ1) is 24.5. The fourth-order valence-electron chi connectivity index (χ4n) is 3.17. The SMILES string of the molecule is COc1cc(/C=C2\N=C(c3cc([N+](=O)[O-])ccc3Cl)OC2=O)cc(Cl)c1OCc1ccc(Cl)cc1. The number of ether oxygens (including phenoxy) is 3. The number of esters is 1. The molecule has 35 heavy (non-hydrogen) atoms. The van der Waals surface area contributed by atoms with Crippen molar-refractivity contribution >= 4 is 58.4 Å². The Bertz CT molecular complexity index is 1390. The van der Waals surface area contributed by atoms with Gasteiger partial charge in [-0.15, -0.1) is 0 Å². The van der Waals surface area contributed by atoms with Gasteiger partial charge in [0.15, 0.2) is 17.2 Å². The van der Waals surface area contributed by atoms with E-state index in [0.29, 0.717) is 22.1 Å². The highest BCUT2D eigenvalue weighted by Gasteiger charge is 2.27. The molecule has 1 heterocycles. The van der Waals surface area contributed by atoms with Crippen LogP contribution in [-0.2, 0) is 16.1 Å². The molecule has 3 aromatic carbocycles. The Morgan fingerprint density at radius 1 is 1.06 bits per heavy atom. The molecule has 178 valence electrons. The number of cyclic esters (lactones) is 1. The number of hydrogen-bond donors (Lipinski definition) is 0. The van der Waals surface area contributed by atoms with E-state index >= 15 is 0 Å². The number of methoxy groups -OCH3 is 1. The average molecular weight is 534 g/mol. The summed E-state index contributed by atoms with van der Waals surface area (Å²) in [5, 5.41) is 12.1. The van der Waals surface area contributed by atoms with Crippen LogP contribution in [0.3, 0.4) is 0 Å². The van der Waals surface area contributed by atoms with Crippen LogP contribution in [0.1, 0.15) is 16.7 Å². The smallest absolute Gasteiger partial charge is 0.363 e. The van der Waals surface area contributed by atoms with Gasteiger partial charge < -0.3 is 14.2 Å². The van der Waals surface area contributed by atoms with Crippen molar-refractivity contribution in [2.75, 3.05) is 7.11 Å². The van der Waals surface area contributed by atoms with Crippen molar-refractivity contribution in [2.24, 2.45) is 4.99 Å². The first-order chi connectivity index (χ1) is 16.7. The first-order valence-corrected chi connectivity index (χ1v) is 11.1. The predicted molar refractivity (Wildman–Crippen MR) is 133 cm³/mol. The van der Waals surface area contributed by atoms with E-state index in [9.17, 15) is 14.9 Å². The quantitative estimate of drug-likeness (QED) is 0.149. The number of rotatable bonds is 7. The number of nitro benzene ring substituents is 1. The Kier molecular flexibility index (Phi) is 7.25. The van der Waals surface area contributed by atoms with Crippen molar-refractivity contribution in [3.8, 4) is 11.5 Å². The molecular formula is C24H15Cl3N2O6. The molecule has 0 atom stereocenters. The van der Waals surface area contributed by atoms with Crippen molar-refractivity contribution in [1.29, 1.82) is 0 Å². The van der Waals surface area contributed by atoms with Crippen LogP contribution >= 0.6 is 34.8 Å². The van der Waals surface area contributed by atoms with E-state index in [4.69, 9.17) is 49.0 Å². The van der Waals surface area contributed by atoms with Crippen LogP contribution in [0.15, 0.2) is 65.3 Å². The third-order valence-electron chi connectivity index (χ3n) is 4.86. The van der Waals surface area contributed by atoms with Gasteiger partial charge in [0.1, 0.15) is 6.61 Å². The molecular weight excluding hydrogens is 519 g/mol. The lowest BCUT2D eigenvalue weighted by Gasteiger charge is -2.13. The van der Waals surface area contributed by atoms with Gasteiger partial charge >= 0.3 is 5.97 Å². The van der Waals surface area contributed by atoms with E-state index in [2.05, 4.69) is 4.99 Å². The van der Waals surface area contributed by atoms with Gasteiger partial charge in [-0.05, 0) is 47.5 Å². The molecule has 11 heteroatoms. The molecule has 3 aromatic rings. The molecule has 8 nitrogen and oxygen atoms in total. The minimum Gasteiger partial charge on any atom is -0.493 e. The molecule has 0 spiro atoms. The van der Waals surface area contributed by atoms with Gasteiger partial charge in [-0.25, -0.2) is 9.79 Å². The van der Waals surface area contributed by atoms with Crippen LogP contribution in [-0.4, -0.2) is 23.9 Å². The van der Waals surface area contributed by atoms with Crippen molar-refractivity contribution in [3.63, 3.8) is 0 Å². The van der Waals surface area contributed by atoms with Crippen molar-refractivity contribution in [2.45, 2.75) is 6.61 Å². The van der Waals surface area contributed by atoms with E-state index in [1.807, 2.05) is 12.1 Å². The number of hydrogen-bond acceptors (Lipinski definition) is 7. The molecule has 0 radical (unpaired) electrons. The molecule has 1 aliphatic heterocycles. The molecule has 0 amide bonds. The minimum absolute atomic E-state index is 0.0458. The topological polar surface area (TPSA) is 100 Å². The van der Waals surface area contributed by atoms with Crippen LogP contribution in [0.2, 0.25) is 15.1 Å². The van der Waals surface area contributed by atoms with Crippen LogP contribution in [0.25, 0.3) is 6.08 Å². The Balaban J connectivity index is 1.61. The summed E-state index contributed by atoms with van der Waals surface area (Å²) in [6.45, 7) is 0.234. The molecule has 0 N–H and O–H groups in total. The van der Waals surface area contributed by atoms with E-state index in [1.54, 1.807) is 24.3 Å². The van der Waals surface area contributed by atoms with Gasteiger partial charge in [0.25, 0.3) is 5.69 Å². The van der Waals surface area contributed by atoms with Gasteiger partial charge in [-0.1, -0.05) is 46.9 Å². The maximum atomic E-state index is 12.4. The molecule has 0 aliphatic carbocycles. The predicted octanol–water partition coefficient (Wildman–Crippen LogP) is 6.49. The maximum Gasteiger partial charge on any atom is 0.363 e. The van der Waals surface area contributed by atoms with E-state index in [-0.39, 0.29) is 39.5 Å². The summed E-state index contributed by atoms with van der Waals surface area (Å²) in [5.74, 6) is -0.222. The van der Waals surface area contributed by atoms with Crippen LogP contribution < -0.4 is 9.47 Å². The second-order valence-corrected chi connectivity index (χ2v) is 8.46. The lowest BCUT2D eigenvalue weighted by Crippen LogP contribution is -2.06. The first-order valence-electron chi connectivity index (χ1n) is 9.97. The van der Waals surface area contributed by atoms with E-state index in [0.717, 1.165) is 5.56 Å². The Labute approximate surface area is 214 Å². The zero-order valence-corrected chi connectivity index (χ0v) is 20.2. The number of nitrogens with zero attached hydrogens (tertiary/aromatic N) is 2. The van der Waals surface area contributed by atoms with Crippen molar-refractivity contribution in [3.05, 3.63) is 102 Å². The molecule has 0 saturated carbocycles. The molecule has 1 aliphatic rings. The normalized spacial score (nSPS) is 14.0. The van der Waals surface area contributed by atoms with Crippen molar-refractivity contribution < 1.29 is 23.9 Å². The third kappa shape index (κ3) is 5.57. The highest BCUT2D eigenvalue weighted by atomic mass is 35.5. The molecule has 0 fully saturated rings. The van der Waals surface area contributed by atoms with E-state index in [1.165, 1.54) is 31.4 Å². The monoisotopic (exact) mass is 532 g/mol. The number of benzene rings is 3. The molecule has 0 saturated heterocycles. The zero-order valence-electron chi connectivity index (χ0n) is 18.0.